The third-order valence-corrected chi connectivity index (χ3v) is 2.10. The summed E-state index contributed by atoms with van der Waals surface area (Å²) in [6.45, 7) is 0.847. The summed E-state index contributed by atoms with van der Waals surface area (Å²) in [5.74, 6) is -0.179. The molecule has 4 nitrogen and oxygen atoms in total. The first-order valence-corrected chi connectivity index (χ1v) is 5.35. The van der Waals surface area contributed by atoms with E-state index in [1.807, 2.05) is 24.3 Å². The van der Waals surface area contributed by atoms with Gasteiger partial charge in [0, 0.05) is 16.7 Å². The maximum absolute atomic E-state index is 11.3. The number of anilines is 1. The standard InChI is InChI=1S/C10H13BrN2O2/c11-8-2-1-3-9(6-8)13-10(14)7-15-5-4-12/h1-3,6H,4-5,7,12H2,(H,13,14). The lowest BCUT2D eigenvalue weighted by Gasteiger charge is -2.05. The first kappa shape index (κ1) is 12.2. The van der Waals surface area contributed by atoms with E-state index in [0.29, 0.717) is 13.2 Å². The van der Waals surface area contributed by atoms with E-state index in [2.05, 4.69) is 21.2 Å². The van der Waals surface area contributed by atoms with Gasteiger partial charge in [-0.25, -0.2) is 0 Å². The smallest absolute Gasteiger partial charge is 0.250 e. The minimum absolute atomic E-state index is 0.0315. The van der Waals surface area contributed by atoms with Crippen molar-refractivity contribution < 1.29 is 9.53 Å². The molecule has 0 saturated carbocycles. The van der Waals surface area contributed by atoms with Gasteiger partial charge in [0.25, 0.3) is 0 Å². The van der Waals surface area contributed by atoms with Crippen molar-refractivity contribution in [2.75, 3.05) is 25.1 Å². The third kappa shape index (κ3) is 4.92. The largest absolute Gasteiger partial charge is 0.370 e. The van der Waals surface area contributed by atoms with E-state index in [-0.39, 0.29) is 12.5 Å². The zero-order valence-corrected chi connectivity index (χ0v) is 9.79. The van der Waals surface area contributed by atoms with Crippen molar-refractivity contribution in [3.63, 3.8) is 0 Å². The molecule has 5 heteroatoms. The average molecular weight is 273 g/mol. The first-order chi connectivity index (χ1) is 7.22. The Labute approximate surface area is 96.9 Å². The Morgan fingerprint density at radius 2 is 2.33 bits per heavy atom. The van der Waals surface area contributed by atoms with E-state index in [1.54, 1.807) is 0 Å². The fraction of sp³-hybridized carbons (Fsp3) is 0.300. The number of hydrogen-bond acceptors (Lipinski definition) is 3. The molecule has 3 N–H and O–H groups in total. The minimum atomic E-state index is -0.179. The van der Waals surface area contributed by atoms with Gasteiger partial charge in [0.15, 0.2) is 0 Å². The average Bonchev–Trinajstić information content (AvgIpc) is 2.18. The van der Waals surface area contributed by atoms with Crippen LogP contribution >= 0.6 is 15.9 Å². The molecule has 1 aromatic rings. The highest BCUT2D eigenvalue weighted by Gasteiger charge is 2.01. The zero-order chi connectivity index (χ0) is 11.1. The summed E-state index contributed by atoms with van der Waals surface area (Å²) >= 11 is 3.32. The molecular weight excluding hydrogens is 260 g/mol. The highest BCUT2D eigenvalue weighted by Crippen LogP contribution is 2.15. The van der Waals surface area contributed by atoms with Crippen LogP contribution in [0.15, 0.2) is 28.7 Å². The van der Waals surface area contributed by atoms with Crippen LogP contribution in [0.1, 0.15) is 0 Å². The van der Waals surface area contributed by atoms with E-state index in [0.717, 1.165) is 10.2 Å². The summed E-state index contributed by atoms with van der Waals surface area (Å²) in [5.41, 5.74) is 5.97. The number of carbonyl (C=O) groups excluding carboxylic acids is 1. The Kier molecular flexibility index (Phi) is 5.31. The van der Waals surface area contributed by atoms with Crippen molar-refractivity contribution >= 4 is 27.5 Å². The van der Waals surface area contributed by atoms with Crippen LogP contribution in [0.25, 0.3) is 0 Å². The molecule has 0 aliphatic carbocycles. The number of rotatable bonds is 5. The molecule has 0 aromatic heterocycles. The predicted octanol–water partition coefficient (Wildman–Crippen LogP) is 1.36. The van der Waals surface area contributed by atoms with Gasteiger partial charge in [-0.3, -0.25) is 4.79 Å². The number of amides is 1. The van der Waals surface area contributed by atoms with Crippen LogP contribution in [0.3, 0.4) is 0 Å². The first-order valence-electron chi connectivity index (χ1n) is 4.55. The number of ether oxygens (including phenoxy) is 1. The summed E-state index contributed by atoms with van der Waals surface area (Å²) in [6.07, 6.45) is 0. The lowest BCUT2D eigenvalue weighted by atomic mass is 10.3. The summed E-state index contributed by atoms with van der Waals surface area (Å²) < 4.78 is 5.92. The molecule has 0 saturated heterocycles. The van der Waals surface area contributed by atoms with E-state index >= 15 is 0 Å². The van der Waals surface area contributed by atoms with Gasteiger partial charge in [0.1, 0.15) is 6.61 Å². The fourth-order valence-corrected chi connectivity index (χ4v) is 1.41. The molecule has 0 aliphatic rings. The molecule has 0 radical (unpaired) electrons. The van der Waals surface area contributed by atoms with Gasteiger partial charge in [-0.05, 0) is 18.2 Å². The molecule has 0 heterocycles. The van der Waals surface area contributed by atoms with Crippen molar-refractivity contribution in [3.05, 3.63) is 28.7 Å². The van der Waals surface area contributed by atoms with Gasteiger partial charge in [-0.15, -0.1) is 0 Å². The second-order valence-electron chi connectivity index (χ2n) is 2.90. The number of nitrogens with two attached hydrogens (primary N) is 1. The van der Waals surface area contributed by atoms with Crippen molar-refractivity contribution in [3.8, 4) is 0 Å². The molecule has 0 aliphatic heterocycles. The summed E-state index contributed by atoms with van der Waals surface area (Å²) in [5, 5.41) is 2.71. The molecular formula is C10H13BrN2O2. The van der Waals surface area contributed by atoms with Gasteiger partial charge in [-0.1, -0.05) is 22.0 Å². The maximum atomic E-state index is 11.3. The van der Waals surface area contributed by atoms with Gasteiger partial charge >= 0.3 is 0 Å². The van der Waals surface area contributed by atoms with Crippen LogP contribution in [0.2, 0.25) is 0 Å². The third-order valence-electron chi connectivity index (χ3n) is 1.60. The van der Waals surface area contributed by atoms with E-state index in [9.17, 15) is 4.79 Å². The number of hydrogen-bond donors (Lipinski definition) is 2. The van der Waals surface area contributed by atoms with E-state index in [1.165, 1.54) is 0 Å². The van der Waals surface area contributed by atoms with Crippen LogP contribution < -0.4 is 11.1 Å². The molecule has 0 fully saturated rings. The van der Waals surface area contributed by atoms with E-state index < -0.39 is 0 Å². The van der Waals surface area contributed by atoms with Gasteiger partial charge in [0.2, 0.25) is 5.91 Å². The fourth-order valence-electron chi connectivity index (χ4n) is 1.01. The number of halogens is 1. The van der Waals surface area contributed by atoms with Crippen molar-refractivity contribution in [1.82, 2.24) is 0 Å². The summed E-state index contributed by atoms with van der Waals surface area (Å²) in [4.78, 5) is 11.3. The summed E-state index contributed by atoms with van der Waals surface area (Å²) in [7, 11) is 0. The molecule has 0 bridgehead atoms. The van der Waals surface area contributed by atoms with E-state index in [4.69, 9.17) is 10.5 Å². The van der Waals surface area contributed by atoms with Gasteiger partial charge in [-0.2, -0.15) is 0 Å². The predicted molar refractivity (Wildman–Crippen MR) is 62.6 cm³/mol. The molecule has 1 rings (SSSR count). The molecule has 15 heavy (non-hydrogen) atoms. The number of nitrogens with one attached hydrogen (secondary N) is 1. The number of benzene rings is 1. The molecule has 0 atom stereocenters. The number of carbonyl (C=O) groups is 1. The molecule has 1 amide bonds. The molecule has 1 aromatic carbocycles. The monoisotopic (exact) mass is 272 g/mol. The van der Waals surface area contributed by atoms with Gasteiger partial charge in [0.05, 0.1) is 6.61 Å². The van der Waals surface area contributed by atoms with Crippen LogP contribution in [0.5, 0.6) is 0 Å². The lowest BCUT2D eigenvalue weighted by molar-refractivity contribution is -0.120. The lowest BCUT2D eigenvalue weighted by Crippen LogP contribution is -2.20. The minimum Gasteiger partial charge on any atom is -0.370 e. The Hall–Kier alpha value is -0.910. The Morgan fingerprint density at radius 1 is 1.53 bits per heavy atom. The highest BCUT2D eigenvalue weighted by molar-refractivity contribution is 9.10. The molecule has 0 unspecified atom stereocenters. The quantitative estimate of drug-likeness (QED) is 0.796. The Morgan fingerprint density at radius 3 is 3.00 bits per heavy atom. The van der Waals surface area contributed by atoms with Crippen molar-refractivity contribution in [2.24, 2.45) is 5.73 Å². The van der Waals surface area contributed by atoms with Crippen LogP contribution in [0.4, 0.5) is 5.69 Å². The zero-order valence-electron chi connectivity index (χ0n) is 8.20. The Balaban J connectivity index is 2.37. The van der Waals surface area contributed by atoms with Crippen LogP contribution in [-0.2, 0) is 9.53 Å². The molecule has 82 valence electrons. The van der Waals surface area contributed by atoms with Crippen molar-refractivity contribution in [2.45, 2.75) is 0 Å². The van der Waals surface area contributed by atoms with Crippen molar-refractivity contribution in [1.29, 1.82) is 0 Å². The topological polar surface area (TPSA) is 64.3 Å². The maximum Gasteiger partial charge on any atom is 0.250 e. The molecule has 0 spiro atoms. The van der Waals surface area contributed by atoms with Crippen LogP contribution in [-0.4, -0.2) is 25.7 Å². The van der Waals surface area contributed by atoms with Gasteiger partial charge < -0.3 is 15.8 Å². The second-order valence-corrected chi connectivity index (χ2v) is 3.82. The highest BCUT2D eigenvalue weighted by atomic mass is 79.9. The van der Waals surface area contributed by atoms with Crippen LogP contribution in [0, 0.1) is 0 Å². The normalized spacial score (nSPS) is 10.0. The summed E-state index contributed by atoms with van der Waals surface area (Å²) in [6, 6.07) is 7.37. The Bertz CT molecular complexity index is 331. The SMILES string of the molecule is NCCOCC(=O)Nc1cccc(Br)c1. The second kappa shape index (κ2) is 6.55.